The van der Waals surface area contributed by atoms with E-state index >= 15 is 0 Å². The average Bonchev–Trinajstić information content (AvgIpc) is 2.60. The van der Waals surface area contributed by atoms with Gasteiger partial charge in [0.2, 0.25) is 5.91 Å². The molecule has 1 aliphatic rings. The Morgan fingerprint density at radius 2 is 2.00 bits per heavy atom. The Labute approximate surface area is 113 Å². The molecule has 0 radical (unpaired) electrons. The quantitative estimate of drug-likeness (QED) is 0.891. The van der Waals surface area contributed by atoms with Gasteiger partial charge in [0.15, 0.2) is 11.5 Å². The molecule has 0 bridgehead atoms. The van der Waals surface area contributed by atoms with E-state index < -0.39 is 0 Å². The second-order valence-electron chi connectivity index (χ2n) is 4.64. The second-order valence-corrected chi connectivity index (χ2v) is 4.64. The number of carbonyl (C=O) groups is 1. The van der Waals surface area contributed by atoms with Crippen molar-refractivity contribution in [1.82, 2.24) is 10.2 Å². The van der Waals surface area contributed by atoms with E-state index in [0.29, 0.717) is 17.9 Å². The third kappa shape index (κ3) is 2.98. The van der Waals surface area contributed by atoms with Gasteiger partial charge < -0.3 is 19.7 Å². The Hall–Kier alpha value is -1.75. The summed E-state index contributed by atoms with van der Waals surface area (Å²) in [6.07, 6.45) is 0.464. The van der Waals surface area contributed by atoms with Gasteiger partial charge in [-0.2, -0.15) is 0 Å². The van der Waals surface area contributed by atoms with Gasteiger partial charge >= 0.3 is 0 Å². The summed E-state index contributed by atoms with van der Waals surface area (Å²) in [5.74, 6) is 1.54. The Kier molecular flexibility index (Phi) is 4.27. The minimum absolute atomic E-state index is 0.0252. The van der Waals surface area contributed by atoms with Crippen LogP contribution in [-0.4, -0.2) is 45.2 Å². The predicted octanol–water partition coefficient (Wildman–Crippen LogP) is 1.20. The SMILES string of the molecule is COc1ccc(C2CC(=O)N(C)CCN2)cc1OC. The third-order valence-corrected chi connectivity index (χ3v) is 3.45. The standard InChI is InChI=1S/C14H20N2O3/c1-16-7-6-15-11(9-14(16)17)10-4-5-12(18-2)13(8-10)19-3/h4-5,8,11,15H,6-7,9H2,1-3H3. The molecule has 104 valence electrons. The van der Waals surface area contributed by atoms with E-state index in [2.05, 4.69) is 5.32 Å². The van der Waals surface area contributed by atoms with Crippen molar-refractivity contribution in [3.05, 3.63) is 23.8 Å². The third-order valence-electron chi connectivity index (χ3n) is 3.45. The summed E-state index contributed by atoms with van der Waals surface area (Å²) in [6.45, 7) is 1.53. The number of hydrogen-bond donors (Lipinski definition) is 1. The lowest BCUT2D eigenvalue weighted by molar-refractivity contribution is -0.129. The van der Waals surface area contributed by atoms with Crippen molar-refractivity contribution in [2.75, 3.05) is 34.4 Å². The first-order chi connectivity index (χ1) is 9.15. The topological polar surface area (TPSA) is 50.8 Å². The Morgan fingerprint density at radius 1 is 1.26 bits per heavy atom. The van der Waals surface area contributed by atoms with Crippen LogP contribution in [0.5, 0.6) is 11.5 Å². The molecule has 1 heterocycles. The molecular formula is C14H20N2O3. The molecule has 1 atom stereocenters. The van der Waals surface area contributed by atoms with Gasteiger partial charge in [-0.15, -0.1) is 0 Å². The van der Waals surface area contributed by atoms with Crippen LogP contribution in [0, 0.1) is 0 Å². The molecule has 1 fully saturated rings. The summed E-state index contributed by atoms with van der Waals surface area (Å²) in [5.41, 5.74) is 1.04. The van der Waals surface area contributed by atoms with E-state index in [1.165, 1.54) is 0 Å². The zero-order valence-electron chi connectivity index (χ0n) is 11.6. The van der Waals surface area contributed by atoms with Gasteiger partial charge in [-0.25, -0.2) is 0 Å². The molecule has 0 aromatic heterocycles. The van der Waals surface area contributed by atoms with Gasteiger partial charge in [0, 0.05) is 32.6 Å². The van der Waals surface area contributed by atoms with Crippen molar-refractivity contribution in [1.29, 1.82) is 0 Å². The Balaban J connectivity index is 2.23. The Morgan fingerprint density at radius 3 is 2.68 bits per heavy atom. The fourth-order valence-corrected chi connectivity index (χ4v) is 2.24. The zero-order valence-corrected chi connectivity index (χ0v) is 11.6. The number of ether oxygens (including phenoxy) is 2. The van der Waals surface area contributed by atoms with Crippen molar-refractivity contribution in [2.45, 2.75) is 12.5 Å². The van der Waals surface area contributed by atoms with Gasteiger partial charge in [0.1, 0.15) is 0 Å². The van der Waals surface area contributed by atoms with Crippen LogP contribution in [0.2, 0.25) is 0 Å². The summed E-state index contributed by atoms with van der Waals surface area (Å²) in [7, 11) is 5.06. The van der Waals surface area contributed by atoms with Crippen molar-refractivity contribution in [2.24, 2.45) is 0 Å². The van der Waals surface area contributed by atoms with Crippen LogP contribution in [-0.2, 0) is 4.79 Å². The van der Waals surface area contributed by atoms with Crippen molar-refractivity contribution < 1.29 is 14.3 Å². The molecule has 1 aromatic carbocycles. The second kappa shape index (κ2) is 5.93. The summed E-state index contributed by atoms with van der Waals surface area (Å²) in [5, 5.41) is 3.39. The lowest BCUT2D eigenvalue weighted by Gasteiger charge is -2.17. The number of carbonyl (C=O) groups excluding carboxylic acids is 1. The van der Waals surface area contributed by atoms with Gasteiger partial charge in [-0.05, 0) is 17.7 Å². The van der Waals surface area contributed by atoms with Crippen molar-refractivity contribution in [3.8, 4) is 11.5 Å². The van der Waals surface area contributed by atoms with Gasteiger partial charge in [0.25, 0.3) is 0 Å². The van der Waals surface area contributed by atoms with Crippen LogP contribution in [0.15, 0.2) is 18.2 Å². The number of hydrogen-bond acceptors (Lipinski definition) is 4. The van der Waals surface area contributed by atoms with Crippen molar-refractivity contribution >= 4 is 5.91 Å². The van der Waals surface area contributed by atoms with E-state index in [-0.39, 0.29) is 11.9 Å². The van der Waals surface area contributed by atoms with Gasteiger partial charge in [-0.1, -0.05) is 6.07 Å². The van der Waals surface area contributed by atoms with E-state index in [9.17, 15) is 4.79 Å². The van der Waals surface area contributed by atoms with Crippen molar-refractivity contribution in [3.63, 3.8) is 0 Å². The molecule has 2 rings (SSSR count). The number of amides is 1. The predicted molar refractivity (Wildman–Crippen MR) is 72.5 cm³/mol. The lowest BCUT2D eigenvalue weighted by Crippen LogP contribution is -2.27. The molecule has 1 aromatic rings. The number of likely N-dealkylation sites (N-methyl/N-ethyl adjacent to an activating group) is 1. The first kappa shape index (κ1) is 13.7. The maximum absolute atomic E-state index is 11.9. The molecule has 1 unspecified atom stereocenters. The first-order valence-electron chi connectivity index (χ1n) is 6.35. The van der Waals surface area contributed by atoms with Gasteiger partial charge in [0.05, 0.1) is 14.2 Å². The first-order valence-corrected chi connectivity index (χ1v) is 6.35. The van der Waals surface area contributed by atoms with Crippen LogP contribution >= 0.6 is 0 Å². The molecule has 1 amide bonds. The largest absolute Gasteiger partial charge is 0.493 e. The van der Waals surface area contributed by atoms with Gasteiger partial charge in [-0.3, -0.25) is 4.79 Å². The van der Waals surface area contributed by atoms with Crippen LogP contribution in [0.25, 0.3) is 0 Å². The highest BCUT2D eigenvalue weighted by Crippen LogP contribution is 2.31. The highest BCUT2D eigenvalue weighted by atomic mass is 16.5. The van der Waals surface area contributed by atoms with Crippen LogP contribution in [0.4, 0.5) is 0 Å². The molecular weight excluding hydrogens is 244 g/mol. The number of benzene rings is 1. The molecule has 0 saturated carbocycles. The fraction of sp³-hybridized carbons (Fsp3) is 0.500. The van der Waals surface area contributed by atoms with E-state index in [0.717, 1.165) is 18.7 Å². The maximum Gasteiger partial charge on any atom is 0.224 e. The van der Waals surface area contributed by atoms with E-state index in [4.69, 9.17) is 9.47 Å². The van der Waals surface area contributed by atoms with Crippen LogP contribution in [0.3, 0.4) is 0 Å². The minimum Gasteiger partial charge on any atom is -0.493 e. The molecule has 1 saturated heterocycles. The number of nitrogens with one attached hydrogen (secondary N) is 1. The summed E-state index contributed by atoms with van der Waals surface area (Å²) < 4.78 is 10.5. The lowest BCUT2D eigenvalue weighted by atomic mass is 10.0. The molecule has 5 nitrogen and oxygen atoms in total. The number of methoxy groups -OCH3 is 2. The van der Waals surface area contributed by atoms with E-state index in [1.54, 1.807) is 19.1 Å². The highest BCUT2D eigenvalue weighted by Gasteiger charge is 2.22. The molecule has 5 heteroatoms. The van der Waals surface area contributed by atoms with Crippen LogP contribution < -0.4 is 14.8 Å². The fourth-order valence-electron chi connectivity index (χ4n) is 2.24. The maximum atomic E-state index is 11.9. The van der Waals surface area contributed by atoms with E-state index in [1.807, 2.05) is 25.2 Å². The molecule has 0 spiro atoms. The van der Waals surface area contributed by atoms with Crippen LogP contribution in [0.1, 0.15) is 18.0 Å². The normalized spacial score (nSPS) is 20.1. The average molecular weight is 264 g/mol. The monoisotopic (exact) mass is 264 g/mol. The molecule has 1 aliphatic heterocycles. The summed E-state index contributed by atoms with van der Waals surface area (Å²) in [4.78, 5) is 13.7. The smallest absolute Gasteiger partial charge is 0.224 e. The zero-order chi connectivity index (χ0) is 13.8. The molecule has 0 aliphatic carbocycles. The molecule has 1 N–H and O–H groups in total. The Bertz CT molecular complexity index is 462. The number of rotatable bonds is 3. The minimum atomic E-state index is 0.0252. The summed E-state index contributed by atoms with van der Waals surface area (Å²) >= 11 is 0. The highest BCUT2D eigenvalue weighted by molar-refractivity contribution is 5.77. The summed E-state index contributed by atoms with van der Waals surface area (Å²) in [6, 6.07) is 5.79. The molecule has 19 heavy (non-hydrogen) atoms. The number of nitrogens with zero attached hydrogens (tertiary/aromatic N) is 1.